The average Bonchev–Trinajstić information content (AvgIpc) is 3.28. The normalized spacial score (nSPS) is 25.1. The van der Waals surface area contributed by atoms with Crippen molar-refractivity contribution >= 4 is 5.57 Å². The van der Waals surface area contributed by atoms with Crippen molar-refractivity contribution in [3.63, 3.8) is 0 Å². The smallest absolute Gasteiger partial charge is 0.132 e. The molecule has 1 fully saturated rings. The first-order valence-corrected chi connectivity index (χ1v) is 8.35. The van der Waals surface area contributed by atoms with E-state index in [4.69, 9.17) is 14.2 Å². The first-order chi connectivity index (χ1) is 10.5. The van der Waals surface area contributed by atoms with Crippen molar-refractivity contribution in [2.75, 3.05) is 13.2 Å². The fourth-order valence-electron chi connectivity index (χ4n) is 3.74. The molecule has 22 heavy (non-hydrogen) atoms. The van der Waals surface area contributed by atoms with E-state index in [0.717, 1.165) is 30.9 Å². The second kappa shape index (κ2) is 5.02. The van der Waals surface area contributed by atoms with Gasteiger partial charge in [0.25, 0.3) is 0 Å². The van der Waals surface area contributed by atoms with Gasteiger partial charge in [-0.05, 0) is 75.3 Å². The molecule has 118 valence electrons. The molecule has 2 aliphatic heterocycles. The summed E-state index contributed by atoms with van der Waals surface area (Å²) in [4.78, 5) is 0. The number of hydrogen-bond acceptors (Lipinski definition) is 3. The molecule has 1 aliphatic carbocycles. The van der Waals surface area contributed by atoms with Crippen LogP contribution in [0.15, 0.2) is 17.7 Å². The fraction of sp³-hybridized carbons (Fsp3) is 0.579. The van der Waals surface area contributed by atoms with Gasteiger partial charge in [-0.25, -0.2) is 0 Å². The van der Waals surface area contributed by atoms with Gasteiger partial charge >= 0.3 is 0 Å². The molecule has 3 heteroatoms. The molecule has 4 rings (SSSR count). The third-order valence-electron chi connectivity index (χ3n) is 4.90. The van der Waals surface area contributed by atoms with Crippen LogP contribution in [-0.4, -0.2) is 24.9 Å². The maximum absolute atomic E-state index is 6.36. The van der Waals surface area contributed by atoms with Gasteiger partial charge in [0.15, 0.2) is 0 Å². The second-order valence-corrected chi connectivity index (χ2v) is 7.18. The summed E-state index contributed by atoms with van der Waals surface area (Å²) in [5.41, 5.74) is 5.10. The van der Waals surface area contributed by atoms with E-state index >= 15 is 0 Å². The van der Waals surface area contributed by atoms with Crippen molar-refractivity contribution in [1.82, 2.24) is 0 Å². The molecule has 0 saturated carbocycles. The van der Waals surface area contributed by atoms with Crippen molar-refractivity contribution in [2.45, 2.75) is 58.2 Å². The topological polar surface area (TPSA) is 31.0 Å². The van der Waals surface area contributed by atoms with Crippen LogP contribution < -0.4 is 9.47 Å². The number of ether oxygens (including phenoxy) is 3. The lowest BCUT2D eigenvalue weighted by Crippen LogP contribution is -2.36. The Hall–Kier alpha value is -1.48. The van der Waals surface area contributed by atoms with Crippen molar-refractivity contribution in [3.8, 4) is 11.5 Å². The van der Waals surface area contributed by atoms with Gasteiger partial charge < -0.3 is 14.2 Å². The largest absolute Gasteiger partial charge is 0.490 e. The first-order valence-electron chi connectivity index (χ1n) is 8.35. The summed E-state index contributed by atoms with van der Waals surface area (Å²) in [7, 11) is 0. The SMILES string of the molecule is Cc1cc(OCC2CO2)c2c(c1)OC(C)(C)C1=C2CCCC1. The van der Waals surface area contributed by atoms with Crippen molar-refractivity contribution in [2.24, 2.45) is 0 Å². The molecule has 1 atom stereocenters. The van der Waals surface area contributed by atoms with Gasteiger partial charge in [0.1, 0.15) is 29.8 Å². The van der Waals surface area contributed by atoms with Crippen LogP contribution in [0.5, 0.6) is 11.5 Å². The number of rotatable bonds is 3. The van der Waals surface area contributed by atoms with Crippen molar-refractivity contribution in [1.29, 1.82) is 0 Å². The summed E-state index contributed by atoms with van der Waals surface area (Å²) < 4.78 is 17.7. The minimum atomic E-state index is -0.201. The Labute approximate surface area is 132 Å². The molecule has 2 heterocycles. The molecule has 1 aromatic rings. The van der Waals surface area contributed by atoms with E-state index in [1.165, 1.54) is 35.1 Å². The van der Waals surface area contributed by atoms with E-state index in [-0.39, 0.29) is 11.7 Å². The molecule has 3 nitrogen and oxygen atoms in total. The summed E-state index contributed by atoms with van der Waals surface area (Å²) in [6.07, 6.45) is 5.07. The van der Waals surface area contributed by atoms with Crippen molar-refractivity contribution in [3.05, 3.63) is 28.8 Å². The Bertz CT molecular complexity index is 638. The van der Waals surface area contributed by atoms with Crippen LogP contribution in [0.3, 0.4) is 0 Å². The van der Waals surface area contributed by atoms with E-state index in [2.05, 4.69) is 32.9 Å². The summed E-state index contributed by atoms with van der Waals surface area (Å²) in [6, 6.07) is 4.29. The molecule has 0 N–H and O–H groups in total. The molecule has 1 aromatic carbocycles. The maximum Gasteiger partial charge on any atom is 0.132 e. The molecule has 0 amide bonds. The minimum Gasteiger partial charge on any atom is -0.490 e. The predicted molar refractivity (Wildman–Crippen MR) is 86.5 cm³/mol. The van der Waals surface area contributed by atoms with E-state index in [9.17, 15) is 0 Å². The second-order valence-electron chi connectivity index (χ2n) is 7.18. The highest BCUT2D eigenvalue weighted by atomic mass is 16.6. The summed E-state index contributed by atoms with van der Waals surface area (Å²) >= 11 is 0. The predicted octanol–water partition coefficient (Wildman–Crippen LogP) is 4.27. The quantitative estimate of drug-likeness (QED) is 0.781. The zero-order valence-electron chi connectivity index (χ0n) is 13.7. The molecule has 3 aliphatic rings. The average molecular weight is 300 g/mol. The van der Waals surface area contributed by atoms with Gasteiger partial charge in [-0.2, -0.15) is 0 Å². The fourth-order valence-corrected chi connectivity index (χ4v) is 3.74. The van der Waals surface area contributed by atoms with Gasteiger partial charge in [0.05, 0.1) is 12.2 Å². The number of benzene rings is 1. The highest BCUT2D eigenvalue weighted by Crippen LogP contribution is 2.50. The zero-order chi connectivity index (χ0) is 15.3. The van der Waals surface area contributed by atoms with Gasteiger partial charge in [0.2, 0.25) is 0 Å². The van der Waals surface area contributed by atoms with Crippen LogP contribution in [0.25, 0.3) is 5.57 Å². The molecular weight excluding hydrogens is 276 g/mol. The lowest BCUT2D eigenvalue weighted by molar-refractivity contribution is 0.136. The van der Waals surface area contributed by atoms with Crippen LogP contribution in [0.2, 0.25) is 0 Å². The Kier molecular flexibility index (Phi) is 3.23. The first kappa shape index (κ1) is 14.1. The number of fused-ring (bicyclic) bond motifs is 2. The number of aryl methyl sites for hydroxylation is 1. The Balaban J connectivity index is 1.81. The Morgan fingerprint density at radius 2 is 2.00 bits per heavy atom. The summed E-state index contributed by atoms with van der Waals surface area (Å²) in [6.45, 7) is 7.95. The number of hydrogen-bond donors (Lipinski definition) is 0. The van der Waals surface area contributed by atoms with Gasteiger partial charge in [-0.15, -0.1) is 0 Å². The zero-order valence-corrected chi connectivity index (χ0v) is 13.7. The Morgan fingerprint density at radius 3 is 2.77 bits per heavy atom. The highest BCUT2D eigenvalue weighted by Gasteiger charge is 2.37. The van der Waals surface area contributed by atoms with Crippen LogP contribution >= 0.6 is 0 Å². The number of epoxide rings is 1. The molecule has 0 spiro atoms. The van der Waals surface area contributed by atoms with Gasteiger partial charge in [-0.3, -0.25) is 0 Å². The molecule has 0 aromatic heterocycles. The van der Waals surface area contributed by atoms with Crippen LogP contribution in [0, 0.1) is 6.92 Å². The van der Waals surface area contributed by atoms with Crippen LogP contribution in [-0.2, 0) is 4.74 Å². The molecular formula is C19H24O3. The maximum atomic E-state index is 6.36. The molecule has 0 bridgehead atoms. The van der Waals surface area contributed by atoms with Crippen molar-refractivity contribution < 1.29 is 14.2 Å². The highest BCUT2D eigenvalue weighted by molar-refractivity contribution is 5.81. The van der Waals surface area contributed by atoms with Crippen LogP contribution in [0.1, 0.15) is 50.7 Å². The molecule has 1 unspecified atom stereocenters. The lowest BCUT2D eigenvalue weighted by atomic mass is 9.77. The van der Waals surface area contributed by atoms with E-state index in [1.54, 1.807) is 0 Å². The van der Waals surface area contributed by atoms with Gasteiger partial charge in [-0.1, -0.05) is 0 Å². The number of allylic oxidation sites excluding steroid dienone is 1. The monoisotopic (exact) mass is 300 g/mol. The summed E-state index contributed by atoms with van der Waals surface area (Å²) in [5.74, 6) is 1.95. The summed E-state index contributed by atoms with van der Waals surface area (Å²) in [5, 5.41) is 0. The third kappa shape index (κ3) is 2.41. The van der Waals surface area contributed by atoms with E-state index in [1.807, 2.05) is 0 Å². The lowest BCUT2D eigenvalue weighted by Gasteiger charge is -2.40. The Morgan fingerprint density at radius 1 is 1.23 bits per heavy atom. The minimum absolute atomic E-state index is 0.201. The third-order valence-corrected chi connectivity index (χ3v) is 4.90. The van der Waals surface area contributed by atoms with E-state index in [0.29, 0.717) is 6.61 Å². The standard InChI is InChI=1S/C19H24O3/c1-12-8-16(21-11-13-10-20-13)18-14-6-4-5-7-15(14)19(2,3)22-17(18)9-12/h8-9,13H,4-7,10-11H2,1-3H3. The van der Waals surface area contributed by atoms with Crippen LogP contribution in [0.4, 0.5) is 0 Å². The molecule has 0 radical (unpaired) electrons. The van der Waals surface area contributed by atoms with E-state index < -0.39 is 0 Å². The van der Waals surface area contributed by atoms with Gasteiger partial charge in [0, 0.05) is 0 Å². The molecule has 1 saturated heterocycles.